The lowest BCUT2D eigenvalue weighted by molar-refractivity contribution is -0.383. The van der Waals surface area contributed by atoms with Crippen molar-refractivity contribution in [3.8, 4) is 0 Å². The Balaban J connectivity index is 1.40. The zero-order valence-corrected chi connectivity index (χ0v) is 18.6. The first kappa shape index (κ1) is 22.6. The lowest BCUT2D eigenvalue weighted by atomic mass is 10.1. The van der Waals surface area contributed by atoms with E-state index in [4.69, 9.17) is 0 Å². The van der Waals surface area contributed by atoms with E-state index in [-0.39, 0.29) is 34.4 Å². The molecule has 0 aliphatic carbocycles. The number of benzene rings is 2. The number of halogens is 1. The van der Waals surface area contributed by atoms with Gasteiger partial charge in [0.2, 0.25) is 5.91 Å². The molecule has 3 aromatic rings. The zero-order chi connectivity index (χ0) is 23.5. The normalized spacial score (nSPS) is 16.4. The molecular formula is C24H26FN5O3. The fourth-order valence-corrected chi connectivity index (χ4v) is 4.28. The van der Waals surface area contributed by atoms with E-state index >= 15 is 0 Å². The van der Waals surface area contributed by atoms with E-state index in [1.165, 1.54) is 24.4 Å². The summed E-state index contributed by atoms with van der Waals surface area (Å²) in [4.78, 5) is 32.2. The molecule has 2 aromatic carbocycles. The number of hydrogen-bond acceptors (Lipinski definition) is 6. The maximum absolute atomic E-state index is 13.1. The third kappa shape index (κ3) is 4.78. The Morgan fingerprint density at radius 3 is 2.42 bits per heavy atom. The number of nitro groups is 1. The second kappa shape index (κ2) is 9.50. The smallest absolute Gasteiger partial charge is 0.278 e. The predicted octanol–water partition coefficient (Wildman–Crippen LogP) is 3.67. The van der Waals surface area contributed by atoms with Crippen LogP contribution in [-0.2, 0) is 4.79 Å². The van der Waals surface area contributed by atoms with Crippen LogP contribution < -0.4 is 10.2 Å². The van der Waals surface area contributed by atoms with Crippen molar-refractivity contribution in [2.24, 2.45) is 0 Å². The third-order valence-corrected chi connectivity index (χ3v) is 6.28. The number of anilines is 1. The molecular weight excluding hydrogens is 425 g/mol. The number of hydrogen-bond donors (Lipinski definition) is 1. The van der Waals surface area contributed by atoms with Crippen LogP contribution in [-0.4, -0.2) is 52.9 Å². The van der Waals surface area contributed by atoms with Crippen LogP contribution in [0, 0.1) is 15.9 Å². The average molecular weight is 452 g/mol. The number of amides is 1. The Morgan fingerprint density at radius 1 is 1.06 bits per heavy atom. The van der Waals surface area contributed by atoms with Gasteiger partial charge in [0.1, 0.15) is 5.82 Å². The molecule has 1 N–H and O–H groups in total. The minimum atomic E-state index is -0.390. The van der Waals surface area contributed by atoms with Crippen molar-refractivity contribution in [3.05, 3.63) is 76.4 Å². The van der Waals surface area contributed by atoms with Gasteiger partial charge in [0, 0.05) is 55.7 Å². The molecule has 2 atom stereocenters. The Hall–Kier alpha value is -3.59. The molecule has 1 aromatic heterocycles. The number of carbonyl (C=O) groups excluding carboxylic acids is 1. The van der Waals surface area contributed by atoms with E-state index in [1.54, 1.807) is 30.5 Å². The van der Waals surface area contributed by atoms with Crippen LogP contribution >= 0.6 is 0 Å². The van der Waals surface area contributed by atoms with Gasteiger partial charge in [-0.3, -0.25) is 24.8 Å². The van der Waals surface area contributed by atoms with Gasteiger partial charge in [-0.25, -0.2) is 4.39 Å². The van der Waals surface area contributed by atoms with Crippen LogP contribution in [0.5, 0.6) is 0 Å². The summed E-state index contributed by atoms with van der Waals surface area (Å²) in [5, 5.41) is 15.7. The molecule has 0 spiro atoms. The maximum atomic E-state index is 13.1. The summed E-state index contributed by atoms with van der Waals surface area (Å²) in [5.74, 6) is -0.382. The van der Waals surface area contributed by atoms with E-state index in [0.29, 0.717) is 31.6 Å². The number of nitrogens with one attached hydrogen (secondary N) is 1. The van der Waals surface area contributed by atoms with Crippen LogP contribution in [0.4, 0.5) is 15.8 Å². The Bertz CT molecular complexity index is 1160. The largest absolute Gasteiger partial charge is 0.368 e. The second-order valence-corrected chi connectivity index (χ2v) is 8.26. The summed E-state index contributed by atoms with van der Waals surface area (Å²) < 4.78 is 13.1. The number of non-ortho nitro benzene ring substituents is 1. The van der Waals surface area contributed by atoms with Gasteiger partial charge in [0.05, 0.1) is 22.4 Å². The minimum absolute atomic E-state index is 0.0426. The monoisotopic (exact) mass is 451 g/mol. The quantitative estimate of drug-likeness (QED) is 0.454. The minimum Gasteiger partial charge on any atom is -0.368 e. The second-order valence-electron chi connectivity index (χ2n) is 8.26. The van der Waals surface area contributed by atoms with Gasteiger partial charge in [-0.15, -0.1) is 0 Å². The molecule has 1 saturated heterocycles. The zero-order valence-electron chi connectivity index (χ0n) is 18.6. The first-order valence-electron chi connectivity index (χ1n) is 10.9. The van der Waals surface area contributed by atoms with Gasteiger partial charge in [0.25, 0.3) is 5.69 Å². The third-order valence-electron chi connectivity index (χ3n) is 6.28. The number of rotatable bonds is 6. The molecule has 8 nitrogen and oxygen atoms in total. The van der Waals surface area contributed by atoms with Gasteiger partial charge in [-0.2, -0.15) is 0 Å². The molecule has 1 amide bonds. The van der Waals surface area contributed by atoms with Crippen molar-refractivity contribution in [1.29, 1.82) is 0 Å². The van der Waals surface area contributed by atoms with Crippen LogP contribution in [0.3, 0.4) is 0 Å². The van der Waals surface area contributed by atoms with Crippen molar-refractivity contribution in [3.63, 3.8) is 0 Å². The van der Waals surface area contributed by atoms with Crippen LogP contribution in [0.25, 0.3) is 10.8 Å². The number of nitro benzene ring substituents is 1. The van der Waals surface area contributed by atoms with Gasteiger partial charge in [-0.05, 0) is 43.7 Å². The highest BCUT2D eigenvalue weighted by Crippen LogP contribution is 2.33. The fraction of sp³-hybridized carbons (Fsp3) is 0.333. The molecule has 0 bridgehead atoms. The van der Waals surface area contributed by atoms with E-state index in [9.17, 15) is 19.3 Å². The highest BCUT2D eigenvalue weighted by Gasteiger charge is 2.28. The number of aromatic nitrogens is 1. The summed E-state index contributed by atoms with van der Waals surface area (Å²) >= 11 is 0. The molecule has 0 radical (unpaired) electrons. The highest BCUT2D eigenvalue weighted by atomic mass is 19.1. The van der Waals surface area contributed by atoms with Gasteiger partial charge >= 0.3 is 0 Å². The molecule has 33 heavy (non-hydrogen) atoms. The van der Waals surface area contributed by atoms with Crippen molar-refractivity contribution >= 4 is 28.1 Å². The standard InChI is InChI=1S/C24H26FN5O3/c1-16(18-3-5-19(25)6-4-18)27-24(31)17(2)28-11-13-29(14-12-28)22-7-8-23(30(32)33)21-15-26-10-9-20(21)22/h3-10,15-17H,11-14H2,1-2H3,(H,27,31)/t16-,17+/m0/s1. The number of pyridine rings is 1. The van der Waals surface area contributed by atoms with Crippen LogP contribution in [0.2, 0.25) is 0 Å². The van der Waals surface area contributed by atoms with Crippen molar-refractivity contribution < 1.29 is 14.1 Å². The van der Waals surface area contributed by atoms with E-state index < -0.39 is 0 Å². The molecule has 1 fully saturated rings. The van der Waals surface area contributed by atoms with Crippen LogP contribution in [0.1, 0.15) is 25.5 Å². The summed E-state index contributed by atoms with van der Waals surface area (Å²) in [6, 6.07) is 10.7. The Labute approximate surface area is 191 Å². The molecule has 172 valence electrons. The molecule has 0 unspecified atom stereocenters. The number of carbonyl (C=O) groups is 1. The summed E-state index contributed by atoms with van der Waals surface area (Å²) in [5.41, 5.74) is 1.82. The maximum Gasteiger partial charge on any atom is 0.278 e. The topological polar surface area (TPSA) is 91.6 Å². The van der Waals surface area contributed by atoms with E-state index in [0.717, 1.165) is 16.6 Å². The van der Waals surface area contributed by atoms with E-state index in [1.807, 2.05) is 13.8 Å². The molecule has 4 rings (SSSR count). The molecule has 2 heterocycles. The lowest BCUT2D eigenvalue weighted by Gasteiger charge is -2.39. The number of fused-ring (bicyclic) bond motifs is 1. The van der Waals surface area contributed by atoms with Gasteiger partial charge in [-0.1, -0.05) is 12.1 Å². The first-order valence-corrected chi connectivity index (χ1v) is 10.9. The molecule has 0 saturated carbocycles. The molecule has 9 heteroatoms. The summed E-state index contributed by atoms with van der Waals surface area (Å²) in [6.07, 6.45) is 3.17. The Kier molecular flexibility index (Phi) is 6.50. The number of piperazine rings is 1. The van der Waals surface area contributed by atoms with Gasteiger partial charge < -0.3 is 10.2 Å². The first-order chi connectivity index (χ1) is 15.8. The summed E-state index contributed by atoms with van der Waals surface area (Å²) in [7, 11) is 0. The van der Waals surface area contributed by atoms with Crippen molar-refractivity contribution in [1.82, 2.24) is 15.2 Å². The van der Waals surface area contributed by atoms with Crippen LogP contribution in [0.15, 0.2) is 54.9 Å². The number of nitrogens with zero attached hydrogens (tertiary/aromatic N) is 4. The predicted molar refractivity (Wildman–Crippen MR) is 125 cm³/mol. The summed E-state index contributed by atoms with van der Waals surface area (Å²) in [6.45, 7) is 6.52. The average Bonchev–Trinajstić information content (AvgIpc) is 2.83. The SMILES string of the molecule is C[C@H](NC(=O)[C@@H](C)N1CCN(c2ccc([N+](=O)[O-])c3cnccc23)CC1)c1ccc(F)cc1. The lowest BCUT2D eigenvalue weighted by Crippen LogP contribution is -2.54. The molecule has 1 aliphatic rings. The van der Waals surface area contributed by atoms with Crippen molar-refractivity contribution in [2.75, 3.05) is 31.1 Å². The highest BCUT2D eigenvalue weighted by molar-refractivity contribution is 5.99. The fourth-order valence-electron chi connectivity index (χ4n) is 4.28. The van der Waals surface area contributed by atoms with Crippen molar-refractivity contribution in [2.45, 2.75) is 25.9 Å². The van der Waals surface area contributed by atoms with E-state index in [2.05, 4.69) is 20.1 Å². The molecule has 1 aliphatic heterocycles. The van der Waals surface area contributed by atoms with Gasteiger partial charge in [0.15, 0.2) is 0 Å². The Morgan fingerprint density at radius 2 is 1.76 bits per heavy atom.